The zero-order valence-corrected chi connectivity index (χ0v) is 13.0. The SMILES string of the molecule is COc1ccc(-c2ncnc3cc(OC)c(OC)cc23)c(F)c1. The number of methoxy groups -OCH3 is 3. The molecule has 1 heterocycles. The second kappa shape index (κ2) is 6.08. The summed E-state index contributed by atoms with van der Waals surface area (Å²) in [5, 5.41) is 0.675. The standard InChI is InChI=1S/C17H15FN2O3/c1-21-10-4-5-11(13(18)6-10)17-12-7-15(22-2)16(23-3)8-14(12)19-9-20-17/h4-9H,1-3H3. The molecule has 23 heavy (non-hydrogen) atoms. The molecule has 0 fully saturated rings. The summed E-state index contributed by atoms with van der Waals surface area (Å²) in [6, 6.07) is 8.12. The van der Waals surface area contributed by atoms with Gasteiger partial charge in [-0.05, 0) is 18.2 Å². The van der Waals surface area contributed by atoms with Crippen LogP contribution in [0.4, 0.5) is 4.39 Å². The minimum absolute atomic E-state index is 0.366. The average Bonchev–Trinajstić information content (AvgIpc) is 2.59. The van der Waals surface area contributed by atoms with Gasteiger partial charge in [-0.1, -0.05) is 0 Å². The van der Waals surface area contributed by atoms with E-state index in [1.165, 1.54) is 19.5 Å². The van der Waals surface area contributed by atoms with Crippen LogP contribution >= 0.6 is 0 Å². The summed E-state index contributed by atoms with van der Waals surface area (Å²) in [6.45, 7) is 0. The van der Waals surface area contributed by atoms with Crippen LogP contribution in [0.5, 0.6) is 17.2 Å². The number of rotatable bonds is 4. The zero-order chi connectivity index (χ0) is 16.4. The van der Waals surface area contributed by atoms with Gasteiger partial charge in [0.05, 0.1) is 32.5 Å². The van der Waals surface area contributed by atoms with Gasteiger partial charge in [0, 0.05) is 23.1 Å². The van der Waals surface area contributed by atoms with Gasteiger partial charge in [-0.25, -0.2) is 14.4 Å². The van der Waals surface area contributed by atoms with Crippen molar-refractivity contribution in [2.75, 3.05) is 21.3 Å². The van der Waals surface area contributed by atoms with E-state index in [9.17, 15) is 4.39 Å². The van der Waals surface area contributed by atoms with Gasteiger partial charge in [-0.3, -0.25) is 0 Å². The lowest BCUT2D eigenvalue weighted by atomic mass is 10.1. The molecule has 0 unspecified atom stereocenters. The Balaban J connectivity index is 2.25. The largest absolute Gasteiger partial charge is 0.497 e. The molecular formula is C17H15FN2O3. The van der Waals surface area contributed by atoms with E-state index in [0.29, 0.717) is 39.4 Å². The lowest BCUT2D eigenvalue weighted by Crippen LogP contribution is -1.96. The van der Waals surface area contributed by atoms with E-state index in [2.05, 4.69) is 9.97 Å². The summed E-state index contributed by atoms with van der Waals surface area (Å²) in [6.07, 6.45) is 1.40. The van der Waals surface area contributed by atoms with Crippen molar-refractivity contribution in [3.63, 3.8) is 0 Å². The Bertz CT molecular complexity index is 868. The van der Waals surface area contributed by atoms with Gasteiger partial charge in [-0.15, -0.1) is 0 Å². The quantitative estimate of drug-likeness (QED) is 0.738. The molecule has 2 aromatic carbocycles. The van der Waals surface area contributed by atoms with Gasteiger partial charge in [0.2, 0.25) is 0 Å². The third-order valence-corrected chi connectivity index (χ3v) is 3.57. The number of hydrogen-bond acceptors (Lipinski definition) is 5. The van der Waals surface area contributed by atoms with Gasteiger partial charge < -0.3 is 14.2 Å². The number of nitrogens with zero attached hydrogens (tertiary/aromatic N) is 2. The van der Waals surface area contributed by atoms with Crippen LogP contribution in [0.3, 0.4) is 0 Å². The third-order valence-electron chi connectivity index (χ3n) is 3.57. The van der Waals surface area contributed by atoms with E-state index >= 15 is 0 Å². The molecule has 0 radical (unpaired) electrons. The van der Waals surface area contributed by atoms with Crippen LogP contribution in [0.15, 0.2) is 36.7 Å². The summed E-state index contributed by atoms with van der Waals surface area (Å²) in [4.78, 5) is 8.46. The monoisotopic (exact) mass is 314 g/mol. The van der Waals surface area contributed by atoms with Crippen molar-refractivity contribution in [1.82, 2.24) is 9.97 Å². The Morgan fingerprint density at radius 1 is 0.870 bits per heavy atom. The molecule has 3 aromatic rings. The minimum atomic E-state index is -0.417. The van der Waals surface area contributed by atoms with Crippen LogP contribution in [-0.4, -0.2) is 31.3 Å². The normalized spacial score (nSPS) is 10.6. The first-order valence-electron chi connectivity index (χ1n) is 6.88. The molecule has 0 spiro atoms. The van der Waals surface area contributed by atoms with E-state index in [-0.39, 0.29) is 0 Å². The number of aromatic nitrogens is 2. The number of halogens is 1. The Morgan fingerprint density at radius 2 is 1.61 bits per heavy atom. The zero-order valence-electron chi connectivity index (χ0n) is 13.0. The highest BCUT2D eigenvalue weighted by Gasteiger charge is 2.15. The Kier molecular flexibility index (Phi) is 3.97. The smallest absolute Gasteiger partial charge is 0.162 e. The van der Waals surface area contributed by atoms with Crippen LogP contribution in [0.2, 0.25) is 0 Å². The average molecular weight is 314 g/mol. The molecule has 6 heteroatoms. The maximum atomic E-state index is 14.4. The molecule has 118 valence electrons. The van der Waals surface area contributed by atoms with Crippen molar-refractivity contribution < 1.29 is 18.6 Å². The van der Waals surface area contributed by atoms with Crippen LogP contribution in [0, 0.1) is 5.82 Å². The molecule has 5 nitrogen and oxygen atoms in total. The summed E-state index contributed by atoms with van der Waals surface area (Å²) in [5.74, 6) is 1.12. The highest BCUT2D eigenvalue weighted by molar-refractivity contribution is 5.94. The van der Waals surface area contributed by atoms with Crippen molar-refractivity contribution in [1.29, 1.82) is 0 Å². The van der Waals surface area contributed by atoms with Crippen LogP contribution < -0.4 is 14.2 Å². The summed E-state index contributed by atoms with van der Waals surface area (Å²) >= 11 is 0. The maximum Gasteiger partial charge on any atom is 0.162 e. The Morgan fingerprint density at radius 3 is 2.26 bits per heavy atom. The van der Waals surface area contributed by atoms with Crippen LogP contribution in [0.1, 0.15) is 0 Å². The fourth-order valence-corrected chi connectivity index (χ4v) is 2.41. The summed E-state index contributed by atoms with van der Waals surface area (Å²) < 4.78 is 30.0. The van der Waals surface area contributed by atoms with E-state index in [1.807, 2.05) is 0 Å². The first-order chi connectivity index (χ1) is 11.2. The number of fused-ring (bicyclic) bond motifs is 1. The first kappa shape index (κ1) is 15.0. The molecule has 0 saturated heterocycles. The molecular weight excluding hydrogens is 299 g/mol. The van der Waals surface area contributed by atoms with Crippen LogP contribution in [0.25, 0.3) is 22.2 Å². The number of ether oxygens (including phenoxy) is 3. The Hall–Kier alpha value is -2.89. The molecule has 0 amide bonds. The second-order valence-corrected chi connectivity index (χ2v) is 4.79. The molecule has 0 bridgehead atoms. The van der Waals surface area contributed by atoms with E-state index in [0.717, 1.165) is 0 Å². The number of hydrogen-bond donors (Lipinski definition) is 0. The van der Waals surface area contributed by atoms with Crippen molar-refractivity contribution in [3.05, 3.63) is 42.5 Å². The van der Waals surface area contributed by atoms with E-state index in [1.54, 1.807) is 38.5 Å². The van der Waals surface area contributed by atoms with Gasteiger partial charge in [-0.2, -0.15) is 0 Å². The molecule has 0 atom stereocenters. The fraction of sp³-hybridized carbons (Fsp3) is 0.176. The van der Waals surface area contributed by atoms with Gasteiger partial charge >= 0.3 is 0 Å². The van der Waals surface area contributed by atoms with Gasteiger partial charge in [0.1, 0.15) is 17.9 Å². The molecule has 1 aromatic heterocycles. The molecule has 0 N–H and O–H groups in total. The summed E-state index contributed by atoms with van der Waals surface area (Å²) in [7, 11) is 4.59. The van der Waals surface area contributed by atoms with Crippen molar-refractivity contribution >= 4 is 10.9 Å². The highest BCUT2D eigenvalue weighted by atomic mass is 19.1. The first-order valence-corrected chi connectivity index (χ1v) is 6.88. The van der Waals surface area contributed by atoms with Gasteiger partial charge in [0.15, 0.2) is 11.5 Å². The van der Waals surface area contributed by atoms with E-state index in [4.69, 9.17) is 14.2 Å². The molecule has 0 saturated carbocycles. The van der Waals surface area contributed by atoms with Crippen molar-refractivity contribution in [2.24, 2.45) is 0 Å². The predicted molar refractivity (Wildman–Crippen MR) is 84.6 cm³/mol. The molecule has 3 rings (SSSR count). The Labute approximate surface area is 132 Å². The second-order valence-electron chi connectivity index (χ2n) is 4.79. The fourth-order valence-electron chi connectivity index (χ4n) is 2.41. The minimum Gasteiger partial charge on any atom is -0.497 e. The maximum absolute atomic E-state index is 14.4. The predicted octanol–water partition coefficient (Wildman–Crippen LogP) is 3.46. The topological polar surface area (TPSA) is 53.5 Å². The van der Waals surface area contributed by atoms with Crippen LogP contribution in [-0.2, 0) is 0 Å². The lowest BCUT2D eigenvalue weighted by molar-refractivity contribution is 0.356. The molecule has 0 aliphatic rings. The highest BCUT2D eigenvalue weighted by Crippen LogP contribution is 2.36. The number of benzene rings is 2. The molecule has 0 aliphatic heterocycles. The van der Waals surface area contributed by atoms with Gasteiger partial charge in [0.25, 0.3) is 0 Å². The van der Waals surface area contributed by atoms with Crippen molar-refractivity contribution in [3.8, 4) is 28.5 Å². The van der Waals surface area contributed by atoms with E-state index < -0.39 is 5.82 Å². The molecule has 0 aliphatic carbocycles. The van der Waals surface area contributed by atoms with Crippen molar-refractivity contribution in [2.45, 2.75) is 0 Å². The lowest BCUT2D eigenvalue weighted by Gasteiger charge is -2.11. The summed E-state index contributed by atoms with van der Waals surface area (Å²) in [5.41, 5.74) is 1.49. The third kappa shape index (κ3) is 2.63.